The third-order valence-corrected chi connectivity index (χ3v) is 8.22. The minimum atomic E-state index is -1.05. The molecule has 2 aromatic rings. The predicted molar refractivity (Wildman–Crippen MR) is 113 cm³/mol. The molecule has 5 aliphatic heterocycles. The quantitative estimate of drug-likeness (QED) is 0.714. The molecule has 2 aromatic carbocycles. The van der Waals surface area contributed by atoms with Gasteiger partial charge < -0.3 is 10.6 Å². The van der Waals surface area contributed by atoms with E-state index in [1.807, 2.05) is 36.4 Å². The highest BCUT2D eigenvalue weighted by atomic mass is 16.2. The van der Waals surface area contributed by atoms with Gasteiger partial charge in [-0.05, 0) is 37.8 Å². The summed E-state index contributed by atoms with van der Waals surface area (Å²) in [6.45, 7) is 1.68. The number of nitrogens with zero attached hydrogens (tertiary/aromatic N) is 2. The van der Waals surface area contributed by atoms with Crippen molar-refractivity contribution < 1.29 is 9.59 Å². The Morgan fingerprint density at radius 2 is 1.13 bits per heavy atom. The second-order valence-electron chi connectivity index (χ2n) is 9.23. The Morgan fingerprint density at radius 1 is 0.700 bits per heavy atom. The van der Waals surface area contributed by atoms with Crippen molar-refractivity contribution in [3.63, 3.8) is 0 Å². The number of carbonyl (C=O) groups is 2. The van der Waals surface area contributed by atoms with E-state index in [4.69, 9.17) is 0 Å². The first kappa shape index (κ1) is 17.0. The minimum Gasteiger partial charge on any atom is -0.324 e. The molecule has 2 spiro atoms. The number of carbonyl (C=O) groups excluding carboxylic acids is 2. The first-order chi connectivity index (χ1) is 14.7. The fraction of sp³-hybridized carbons (Fsp3) is 0.417. The lowest BCUT2D eigenvalue weighted by Gasteiger charge is -2.61. The summed E-state index contributed by atoms with van der Waals surface area (Å²) in [7, 11) is 0. The van der Waals surface area contributed by atoms with E-state index in [9.17, 15) is 9.59 Å². The number of piperazine rings is 1. The summed E-state index contributed by atoms with van der Waals surface area (Å²) >= 11 is 0. The summed E-state index contributed by atoms with van der Waals surface area (Å²) < 4.78 is 0. The van der Waals surface area contributed by atoms with E-state index in [0.29, 0.717) is 12.1 Å². The molecule has 0 unspecified atom stereocenters. The molecule has 5 aliphatic rings. The van der Waals surface area contributed by atoms with Gasteiger partial charge in [0.15, 0.2) is 11.1 Å². The van der Waals surface area contributed by atoms with Gasteiger partial charge in [0.2, 0.25) is 0 Å². The Hall–Kier alpha value is -2.70. The van der Waals surface area contributed by atoms with Crippen molar-refractivity contribution in [2.75, 3.05) is 23.7 Å². The number of hydrogen-bond donors (Lipinski definition) is 2. The maximum atomic E-state index is 14.1. The molecule has 6 nitrogen and oxygen atoms in total. The van der Waals surface area contributed by atoms with Crippen LogP contribution in [0.3, 0.4) is 0 Å². The van der Waals surface area contributed by atoms with Crippen LogP contribution in [0.2, 0.25) is 0 Å². The van der Waals surface area contributed by atoms with Crippen LogP contribution in [0.5, 0.6) is 0 Å². The minimum absolute atomic E-state index is 0.0622. The van der Waals surface area contributed by atoms with E-state index in [-0.39, 0.29) is 11.8 Å². The van der Waals surface area contributed by atoms with Gasteiger partial charge in [-0.25, -0.2) is 0 Å². The molecule has 0 radical (unpaired) electrons. The molecule has 0 bridgehead atoms. The zero-order chi connectivity index (χ0) is 20.1. The van der Waals surface area contributed by atoms with Gasteiger partial charge in [0.1, 0.15) is 0 Å². The highest BCUT2D eigenvalue weighted by molar-refractivity contribution is 6.17. The number of amides is 2. The molecule has 152 valence electrons. The van der Waals surface area contributed by atoms with Gasteiger partial charge in [-0.2, -0.15) is 0 Å². The zero-order valence-corrected chi connectivity index (χ0v) is 16.7. The molecular formula is C24H24N4O2. The van der Waals surface area contributed by atoms with Crippen molar-refractivity contribution in [3.05, 3.63) is 59.7 Å². The van der Waals surface area contributed by atoms with Crippen LogP contribution in [-0.2, 0) is 20.7 Å². The number of nitrogens with one attached hydrogen (secondary N) is 2. The number of anilines is 2. The molecule has 2 N–H and O–H groups in total. The van der Waals surface area contributed by atoms with Gasteiger partial charge >= 0.3 is 0 Å². The molecule has 3 fully saturated rings. The van der Waals surface area contributed by atoms with Crippen molar-refractivity contribution in [2.45, 2.75) is 48.8 Å². The van der Waals surface area contributed by atoms with E-state index in [1.165, 1.54) is 0 Å². The molecule has 2 amide bonds. The second-order valence-corrected chi connectivity index (χ2v) is 9.23. The Bertz CT molecular complexity index is 1030. The maximum absolute atomic E-state index is 14.1. The monoisotopic (exact) mass is 400 g/mol. The first-order valence-corrected chi connectivity index (χ1v) is 11.1. The standard InChI is InChI=1S/C24H24N4O2/c29-21-23(15-7-1-3-9-17(15)25-21)24(16-8-2-4-10-18(16)26-22(24)30)28-14-6-12-20(28)19-11-5-13-27(19)23/h1-4,7-10,19-20H,5-6,11-14H2,(H,25,29)(H,26,30)/t19-,20-,23-,24-/m0/s1. The Morgan fingerprint density at radius 3 is 1.60 bits per heavy atom. The predicted octanol–water partition coefficient (Wildman–Crippen LogP) is 2.62. The number of hydrogen-bond acceptors (Lipinski definition) is 4. The third-order valence-electron chi connectivity index (χ3n) is 8.22. The summed E-state index contributed by atoms with van der Waals surface area (Å²) in [6.07, 6.45) is 4.28. The van der Waals surface area contributed by atoms with E-state index in [1.54, 1.807) is 0 Å². The third kappa shape index (κ3) is 1.61. The topological polar surface area (TPSA) is 64.7 Å². The molecular weight excluding hydrogens is 376 g/mol. The van der Waals surface area contributed by atoms with E-state index < -0.39 is 11.1 Å². The van der Waals surface area contributed by atoms with Crippen molar-refractivity contribution in [2.24, 2.45) is 0 Å². The summed E-state index contributed by atoms with van der Waals surface area (Å²) in [6, 6.07) is 16.5. The number of benzene rings is 2. The highest BCUT2D eigenvalue weighted by Crippen LogP contribution is 2.64. The average Bonchev–Trinajstić information content (AvgIpc) is 3.51. The number of rotatable bonds is 0. The summed E-state index contributed by atoms with van der Waals surface area (Å²) in [5.41, 5.74) is 1.45. The summed E-state index contributed by atoms with van der Waals surface area (Å²) in [4.78, 5) is 33.0. The molecule has 30 heavy (non-hydrogen) atoms. The lowest BCUT2D eigenvalue weighted by atomic mass is 9.64. The Balaban J connectivity index is 1.64. The van der Waals surface area contributed by atoms with Crippen molar-refractivity contribution >= 4 is 23.2 Å². The maximum Gasteiger partial charge on any atom is 0.252 e. The molecule has 4 atom stereocenters. The van der Waals surface area contributed by atoms with Crippen molar-refractivity contribution in [3.8, 4) is 0 Å². The van der Waals surface area contributed by atoms with Gasteiger partial charge in [0, 0.05) is 47.7 Å². The lowest BCUT2D eigenvalue weighted by molar-refractivity contribution is -0.178. The molecule has 3 saturated heterocycles. The molecule has 6 heteroatoms. The van der Waals surface area contributed by atoms with Gasteiger partial charge in [0.05, 0.1) is 0 Å². The van der Waals surface area contributed by atoms with Gasteiger partial charge in [0.25, 0.3) is 11.8 Å². The molecule has 0 aromatic heterocycles. The van der Waals surface area contributed by atoms with E-state index in [2.05, 4.69) is 32.6 Å². The summed E-state index contributed by atoms with van der Waals surface area (Å²) in [5.74, 6) is -0.124. The Kier molecular flexibility index (Phi) is 3.12. The van der Waals surface area contributed by atoms with Crippen LogP contribution >= 0.6 is 0 Å². The lowest BCUT2D eigenvalue weighted by Crippen LogP contribution is -2.79. The normalized spacial score (nSPS) is 36.5. The molecule has 0 saturated carbocycles. The van der Waals surface area contributed by atoms with Gasteiger partial charge in [-0.15, -0.1) is 0 Å². The van der Waals surface area contributed by atoms with Crippen LogP contribution in [0, 0.1) is 0 Å². The van der Waals surface area contributed by atoms with Crippen LogP contribution in [0.15, 0.2) is 48.5 Å². The van der Waals surface area contributed by atoms with Crippen LogP contribution in [-0.4, -0.2) is 46.8 Å². The van der Waals surface area contributed by atoms with Crippen molar-refractivity contribution in [1.82, 2.24) is 9.80 Å². The van der Waals surface area contributed by atoms with Crippen LogP contribution in [0.1, 0.15) is 36.8 Å². The highest BCUT2D eigenvalue weighted by Gasteiger charge is 2.78. The van der Waals surface area contributed by atoms with Gasteiger partial charge in [-0.3, -0.25) is 19.4 Å². The smallest absolute Gasteiger partial charge is 0.252 e. The SMILES string of the molecule is O=C1Nc2ccccc2[C@]12N1CCC[C@H]1[C@@H]1CCCN1[C@@]21C(=O)Nc2ccccc21. The average molecular weight is 400 g/mol. The summed E-state index contributed by atoms with van der Waals surface area (Å²) in [5, 5.41) is 6.33. The Labute approximate surface area is 175 Å². The van der Waals surface area contributed by atoms with Gasteiger partial charge in [-0.1, -0.05) is 36.4 Å². The van der Waals surface area contributed by atoms with E-state index >= 15 is 0 Å². The number of para-hydroxylation sites is 2. The molecule has 0 aliphatic carbocycles. The van der Waals surface area contributed by atoms with Crippen LogP contribution in [0.25, 0.3) is 0 Å². The molecule has 5 heterocycles. The number of fused-ring (bicyclic) bond motifs is 10. The van der Waals surface area contributed by atoms with Crippen molar-refractivity contribution in [1.29, 1.82) is 0 Å². The fourth-order valence-electron chi connectivity index (χ4n) is 7.41. The van der Waals surface area contributed by atoms with Crippen LogP contribution in [0.4, 0.5) is 11.4 Å². The fourth-order valence-corrected chi connectivity index (χ4v) is 7.41. The largest absolute Gasteiger partial charge is 0.324 e. The molecule has 7 rings (SSSR count). The van der Waals surface area contributed by atoms with Crippen LogP contribution < -0.4 is 10.6 Å². The zero-order valence-electron chi connectivity index (χ0n) is 16.7. The first-order valence-electron chi connectivity index (χ1n) is 11.1. The van der Waals surface area contributed by atoms with E-state index in [0.717, 1.165) is 61.3 Å². The second kappa shape index (κ2) is 5.50.